The summed E-state index contributed by atoms with van der Waals surface area (Å²) in [7, 11) is 1.87. The van der Waals surface area contributed by atoms with E-state index < -0.39 is 5.60 Å². The summed E-state index contributed by atoms with van der Waals surface area (Å²) in [5, 5.41) is 3.06. The van der Waals surface area contributed by atoms with Crippen LogP contribution >= 0.6 is 11.8 Å². The Morgan fingerprint density at radius 2 is 2.22 bits per heavy atom. The molecule has 100 valence electrons. The van der Waals surface area contributed by atoms with Crippen LogP contribution in [-0.2, 0) is 15.3 Å². The molecule has 0 aromatic carbocycles. The highest BCUT2D eigenvalue weighted by Gasteiger charge is 2.15. The number of carbonyl (C=O) groups excluding carboxylic acids is 1. The van der Waals surface area contributed by atoms with Crippen molar-refractivity contribution in [2.45, 2.75) is 32.1 Å². The number of thioether (sulfide) groups is 1. The lowest BCUT2D eigenvalue weighted by Crippen LogP contribution is -2.24. The van der Waals surface area contributed by atoms with Gasteiger partial charge in [-0.25, -0.2) is 0 Å². The standard InChI is InChI=1S/C13H20N2O2S/c1-13(2,3)17-12(16)9-18-8-11-7-10(14-4)5-6-15-11/h5-7H,8-9H2,1-4H3,(H,14,15). The number of nitrogens with zero attached hydrogens (tertiary/aromatic N) is 1. The predicted molar refractivity (Wildman–Crippen MR) is 75.8 cm³/mol. The lowest BCUT2D eigenvalue weighted by atomic mass is 10.2. The first-order valence-corrected chi connectivity index (χ1v) is 6.98. The molecule has 1 aromatic rings. The number of hydrogen-bond acceptors (Lipinski definition) is 5. The summed E-state index contributed by atoms with van der Waals surface area (Å²) in [5.41, 5.74) is 1.57. The Hall–Kier alpha value is -1.23. The van der Waals surface area contributed by atoms with E-state index in [0.29, 0.717) is 11.5 Å². The van der Waals surface area contributed by atoms with Gasteiger partial charge in [0.2, 0.25) is 0 Å². The minimum atomic E-state index is -0.415. The number of aromatic nitrogens is 1. The van der Waals surface area contributed by atoms with Crippen molar-refractivity contribution in [3.63, 3.8) is 0 Å². The zero-order valence-electron chi connectivity index (χ0n) is 11.3. The third-order valence-electron chi connectivity index (χ3n) is 2.00. The van der Waals surface area contributed by atoms with Crippen LogP contribution in [0.2, 0.25) is 0 Å². The maximum atomic E-state index is 11.5. The first-order chi connectivity index (χ1) is 8.40. The van der Waals surface area contributed by atoms with Crippen molar-refractivity contribution in [1.82, 2.24) is 4.98 Å². The summed E-state index contributed by atoms with van der Waals surface area (Å²) >= 11 is 1.51. The molecule has 0 fully saturated rings. The molecule has 1 rings (SSSR count). The Labute approximate surface area is 113 Å². The molecule has 1 aromatic heterocycles. The maximum Gasteiger partial charge on any atom is 0.316 e. The van der Waals surface area contributed by atoms with Crippen molar-refractivity contribution in [3.05, 3.63) is 24.0 Å². The molecule has 4 nitrogen and oxygen atoms in total. The zero-order valence-corrected chi connectivity index (χ0v) is 12.1. The topological polar surface area (TPSA) is 51.2 Å². The van der Waals surface area contributed by atoms with E-state index in [2.05, 4.69) is 10.3 Å². The van der Waals surface area contributed by atoms with E-state index in [0.717, 1.165) is 11.4 Å². The predicted octanol–water partition coefficient (Wildman–Crippen LogP) is 2.70. The fraction of sp³-hybridized carbons (Fsp3) is 0.538. The van der Waals surface area contributed by atoms with Gasteiger partial charge in [0, 0.05) is 24.7 Å². The molecular weight excluding hydrogens is 248 g/mol. The van der Waals surface area contributed by atoms with E-state index >= 15 is 0 Å². The van der Waals surface area contributed by atoms with E-state index in [4.69, 9.17) is 4.74 Å². The van der Waals surface area contributed by atoms with Crippen molar-refractivity contribution >= 4 is 23.4 Å². The highest BCUT2D eigenvalue weighted by atomic mass is 32.2. The van der Waals surface area contributed by atoms with Crippen LogP contribution < -0.4 is 5.32 Å². The van der Waals surface area contributed by atoms with Gasteiger partial charge < -0.3 is 10.1 Å². The zero-order chi connectivity index (χ0) is 13.6. The molecular formula is C13H20N2O2S. The van der Waals surface area contributed by atoms with Gasteiger partial charge in [-0.15, -0.1) is 11.8 Å². The molecule has 5 heteroatoms. The molecule has 0 atom stereocenters. The molecule has 1 heterocycles. The lowest BCUT2D eigenvalue weighted by Gasteiger charge is -2.19. The summed E-state index contributed by atoms with van der Waals surface area (Å²) < 4.78 is 5.23. The van der Waals surface area contributed by atoms with Gasteiger partial charge in [0.25, 0.3) is 0 Å². The van der Waals surface area contributed by atoms with Crippen LogP contribution in [0.15, 0.2) is 18.3 Å². The number of rotatable bonds is 5. The molecule has 0 amide bonds. The normalized spacial score (nSPS) is 11.1. The van der Waals surface area contributed by atoms with Crippen LogP contribution in [0.1, 0.15) is 26.5 Å². The molecule has 0 unspecified atom stereocenters. The van der Waals surface area contributed by atoms with Gasteiger partial charge >= 0.3 is 5.97 Å². The Bertz CT molecular complexity index is 402. The summed E-state index contributed by atoms with van der Waals surface area (Å²) in [4.78, 5) is 15.7. The highest BCUT2D eigenvalue weighted by molar-refractivity contribution is 7.99. The monoisotopic (exact) mass is 268 g/mol. The van der Waals surface area contributed by atoms with Crippen LogP contribution in [0.25, 0.3) is 0 Å². The number of esters is 1. The Morgan fingerprint density at radius 1 is 1.50 bits per heavy atom. The first-order valence-electron chi connectivity index (χ1n) is 5.83. The number of carbonyl (C=O) groups is 1. The number of pyridine rings is 1. The Morgan fingerprint density at radius 3 is 2.83 bits per heavy atom. The number of anilines is 1. The minimum absolute atomic E-state index is 0.183. The van der Waals surface area contributed by atoms with Crippen LogP contribution in [0.5, 0.6) is 0 Å². The lowest BCUT2D eigenvalue weighted by molar-refractivity contribution is -0.151. The van der Waals surface area contributed by atoms with Crippen LogP contribution in [-0.4, -0.2) is 29.4 Å². The van der Waals surface area contributed by atoms with E-state index in [1.165, 1.54) is 11.8 Å². The maximum absolute atomic E-state index is 11.5. The third-order valence-corrected chi connectivity index (χ3v) is 2.93. The number of nitrogens with one attached hydrogen (secondary N) is 1. The summed E-state index contributed by atoms with van der Waals surface area (Å²) in [5.74, 6) is 0.870. The molecule has 0 radical (unpaired) electrons. The van der Waals surface area contributed by atoms with Gasteiger partial charge in [0.15, 0.2) is 0 Å². The molecule has 0 aliphatic carbocycles. The molecule has 0 bridgehead atoms. The molecule has 1 N–H and O–H groups in total. The average molecular weight is 268 g/mol. The quantitative estimate of drug-likeness (QED) is 0.832. The van der Waals surface area contributed by atoms with Gasteiger partial charge in [0.05, 0.1) is 11.4 Å². The molecule has 0 aliphatic rings. The van der Waals surface area contributed by atoms with Crippen LogP contribution in [0, 0.1) is 0 Å². The average Bonchev–Trinajstić information content (AvgIpc) is 2.27. The molecule has 0 saturated heterocycles. The Kier molecular flexibility index (Phi) is 5.47. The van der Waals surface area contributed by atoms with E-state index in [9.17, 15) is 4.79 Å². The van der Waals surface area contributed by atoms with Gasteiger partial charge in [-0.2, -0.15) is 0 Å². The molecule has 0 saturated carbocycles. The molecule has 18 heavy (non-hydrogen) atoms. The van der Waals surface area contributed by atoms with E-state index in [1.807, 2.05) is 40.0 Å². The number of hydrogen-bond donors (Lipinski definition) is 1. The van der Waals surface area contributed by atoms with Crippen molar-refractivity contribution in [2.75, 3.05) is 18.1 Å². The fourth-order valence-corrected chi connectivity index (χ4v) is 2.02. The first kappa shape index (κ1) is 14.8. The van der Waals surface area contributed by atoms with Gasteiger partial charge in [-0.3, -0.25) is 9.78 Å². The van der Waals surface area contributed by atoms with E-state index in [-0.39, 0.29) is 5.97 Å². The van der Waals surface area contributed by atoms with E-state index in [1.54, 1.807) is 6.20 Å². The molecule has 0 aliphatic heterocycles. The van der Waals surface area contributed by atoms with Gasteiger partial charge in [-0.05, 0) is 32.9 Å². The van der Waals surface area contributed by atoms with Gasteiger partial charge in [0.1, 0.15) is 5.60 Å². The Balaban J connectivity index is 2.35. The van der Waals surface area contributed by atoms with Crippen molar-refractivity contribution in [3.8, 4) is 0 Å². The smallest absolute Gasteiger partial charge is 0.316 e. The van der Waals surface area contributed by atoms with Crippen molar-refractivity contribution in [2.24, 2.45) is 0 Å². The van der Waals surface area contributed by atoms with Crippen LogP contribution in [0.4, 0.5) is 5.69 Å². The van der Waals surface area contributed by atoms with Crippen molar-refractivity contribution in [1.29, 1.82) is 0 Å². The summed E-state index contributed by atoms with van der Waals surface area (Å²) in [6, 6.07) is 3.88. The second kappa shape index (κ2) is 6.64. The largest absolute Gasteiger partial charge is 0.459 e. The second-order valence-corrected chi connectivity index (χ2v) is 5.85. The second-order valence-electron chi connectivity index (χ2n) is 4.87. The fourth-order valence-electron chi connectivity index (χ4n) is 1.32. The number of ether oxygens (including phenoxy) is 1. The summed E-state index contributed by atoms with van der Waals surface area (Å²) in [6.45, 7) is 5.61. The highest BCUT2D eigenvalue weighted by Crippen LogP contribution is 2.15. The van der Waals surface area contributed by atoms with Crippen molar-refractivity contribution < 1.29 is 9.53 Å². The summed E-state index contributed by atoms with van der Waals surface area (Å²) in [6.07, 6.45) is 1.76. The third kappa shape index (κ3) is 5.91. The SMILES string of the molecule is CNc1ccnc(CSCC(=O)OC(C)(C)C)c1. The molecule has 0 spiro atoms. The minimum Gasteiger partial charge on any atom is -0.459 e. The van der Waals surface area contributed by atoms with Gasteiger partial charge in [-0.1, -0.05) is 0 Å². The van der Waals surface area contributed by atoms with Crippen LogP contribution in [0.3, 0.4) is 0 Å².